The standard InChI is InChI=1S/C11H16O/c1-9(11(3)7-8-11)5-6-10(2)12-4/h5-6H,1-2,7-8H2,3-4H3/b6-5-. The van der Waals surface area contributed by atoms with Crippen molar-refractivity contribution in [2.24, 2.45) is 5.41 Å². The molecule has 1 saturated carbocycles. The number of methoxy groups -OCH3 is 1. The van der Waals surface area contributed by atoms with Gasteiger partial charge in [-0.2, -0.15) is 0 Å². The number of hydrogen-bond donors (Lipinski definition) is 0. The summed E-state index contributed by atoms with van der Waals surface area (Å²) < 4.78 is 4.91. The van der Waals surface area contributed by atoms with Gasteiger partial charge in [0.15, 0.2) is 0 Å². The molecule has 0 aliphatic heterocycles. The topological polar surface area (TPSA) is 9.23 Å². The van der Waals surface area contributed by atoms with Gasteiger partial charge in [-0.15, -0.1) is 0 Å². The van der Waals surface area contributed by atoms with Gasteiger partial charge in [0.05, 0.1) is 7.11 Å². The van der Waals surface area contributed by atoms with Gasteiger partial charge in [-0.25, -0.2) is 0 Å². The molecule has 0 amide bonds. The maximum absolute atomic E-state index is 4.91. The molecule has 0 spiro atoms. The Kier molecular flexibility index (Phi) is 2.41. The van der Waals surface area contributed by atoms with Gasteiger partial charge in [0, 0.05) is 0 Å². The minimum atomic E-state index is 0.366. The lowest BCUT2D eigenvalue weighted by molar-refractivity contribution is 0.308. The van der Waals surface area contributed by atoms with E-state index in [0.29, 0.717) is 11.2 Å². The molecular formula is C11H16O. The normalized spacial score (nSPS) is 19.2. The molecule has 1 nitrogen and oxygen atoms in total. The zero-order valence-corrected chi connectivity index (χ0v) is 7.89. The molecule has 0 atom stereocenters. The van der Waals surface area contributed by atoms with Gasteiger partial charge < -0.3 is 4.74 Å². The highest BCUT2D eigenvalue weighted by Crippen LogP contribution is 2.51. The van der Waals surface area contributed by atoms with E-state index in [-0.39, 0.29) is 0 Å². The zero-order valence-electron chi connectivity index (χ0n) is 7.89. The summed E-state index contributed by atoms with van der Waals surface area (Å²) in [5, 5.41) is 0. The van der Waals surface area contributed by atoms with E-state index < -0.39 is 0 Å². The summed E-state index contributed by atoms with van der Waals surface area (Å²) in [6.45, 7) is 9.94. The second kappa shape index (κ2) is 3.18. The molecule has 0 unspecified atom stereocenters. The molecule has 12 heavy (non-hydrogen) atoms. The largest absolute Gasteiger partial charge is 0.497 e. The van der Waals surface area contributed by atoms with Crippen LogP contribution in [-0.2, 0) is 4.74 Å². The highest BCUT2D eigenvalue weighted by atomic mass is 16.5. The minimum Gasteiger partial charge on any atom is -0.497 e. The van der Waals surface area contributed by atoms with Crippen molar-refractivity contribution in [2.45, 2.75) is 19.8 Å². The minimum absolute atomic E-state index is 0.366. The van der Waals surface area contributed by atoms with Gasteiger partial charge in [-0.1, -0.05) is 26.2 Å². The first-order valence-corrected chi connectivity index (χ1v) is 4.19. The number of allylic oxidation sites excluding steroid dienone is 3. The molecule has 1 aliphatic rings. The van der Waals surface area contributed by atoms with E-state index in [0.717, 1.165) is 0 Å². The van der Waals surface area contributed by atoms with Crippen LogP contribution in [0.15, 0.2) is 36.6 Å². The van der Waals surface area contributed by atoms with Gasteiger partial charge in [0.1, 0.15) is 5.76 Å². The monoisotopic (exact) mass is 164 g/mol. The van der Waals surface area contributed by atoms with Gasteiger partial charge in [0.2, 0.25) is 0 Å². The maximum atomic E-state index is 4.91. The zero-order chi connectivity index (χ0) is 9.19. The van der Waals surface area contributed by atoms with Crippen LogP contribution in [0.1, 0.15) is 19.8 Å². The van der Waals surface area contributed by atoms with Crippen molar-refractivity contribution in [3.05, 3.63) is 36.6 Å². The van der Waals surface area contributed by atoms with Crippen molar-refractivity contribution in [3.63, 3.8) is 0 Å². The molecule has 1 fully saturated rings. The van der Waals surface area contributed by atoms with Gasteiger partial charge >= 0.3 is 0 Å². The fourth-order valence-electron chi connectivity index (χ4n) is 0.971. The summed E-state index contributed by atoms with van der Waals surface area (Å²) in [7, 11) is 1.62. The molecule has 0 bridgehead atoms. The number of hydrogen-bond acceptors (Lipinski definition) is 1. The quantitative estimate of drug-likeness (QED) is 0.458. The molecule has 0 N–H and O–H groups in total. The summed E-state index contributed by atoms with van der Waals surface area (Å²) in [5.74, 6) is 0.681. The van der Waals surface area contributed by atoms with Crippen LogP contribution in [-0.4, -0.2) is 7.11 Å². The Balaban J connectivity index is 2.46. The molecule has 66 valence electrons. The third kappa shape index (κ3) is 2.00. The maximum Gasteiger partial charge on any atom is 0.111 e. The lowest BCUT2D eigenvalue weighted by atomic mass is 10.00. The van der Waals surface area contributed by atoms with Crippen LogP contribution in [0.25, 0.3) is 0 Å². The van der Waals surface area contributed by atoms with Gasteiger partial charge in [-0.3, -0.25) is 0 Å². The third-order valence-electron chi connectivity index (χ3n) is 2.51. The van der Waals surface area contributed by atoms with Crippen LogP contribution >= 0.6 is 0 Å². The van der Waals surface area contributed by atoms with E-state index in [4.69, 9.17) is 4.74 Å². The van der Waals surface area contributed by atoms with Crippen molar-refractivity contribution in [1.29, 1.82) is 0 Å². The molecule has 1 heteroatoms. The molecule has 1 rings (SSSR count). The summed E-state index contributed by atoms with van der Waals surface area (Å²) in [5.41, 5.74) is 1.55. The molecule has 0 radical (unpaired) electrons. The predicted molar refractivity (Wildman–Crippen MR) is 51.8 cm³/mol. The van der Waals surface area contributed by atoms with E-state index in [1.165, 1.54) is 18.4 Å². The van der Waals surface area contributed by atoms with E-state index in [2.05, 4.69) is 20.1 Å². The third-order valence-corrected chi connectivity index (χ3v) is 2.51. The SMILES string of the molecule is C=C(/C=C\C(=C)C1(C)CC1)OC. The Bertz CT molecular complexity index is 231. The van der Waals surface area contributed by atoms with Crippen LogP contribution in [0, 0.1) is 5.41 Å². The van der Waals surface area contributed by atoms with Crippen molar-refractivity contribution >= 4 is 0 Å². The molecule has 1 aliphatic carbocycles. The van der Waals surface area contributed by atoms with Crippen LogP contribution in [0.5, 0.6) is 0 Å². The van der Waals surface area contributed by atoms with Crippen molar-refractivity contribution in [1.82, 2.24) is 0 Å². The van der Waals surface area contributed by atoms with Crippen molar-refractivity contribution in [3.8, 4) is 0 Å². The fraction of sp³-hybridized carbons (Fsp3) is 0.455. The smallest absolute Gasteiger partial charge is 0.111 e. The number of rotatable bonds is 4. The summed E-state index contributed by atoms with van der Waals surface area (Å²) in [4.78, 5) is 0. The average Bonchev–Trinajstić information content (AvgIpc) is 2.80. The lowest BCUT2D eigenvalue weighted by Gasteiger charge is -2.06. The highest BCUT2D eigenvalue weighted by Gasteiger charge is 2.38. The van der Waals surface area contributed by atoms with Crippen LogP contribution in [0.2, 0.25) is 0 Å². The molecule has 0 aromatic carbocycles. The van der Waals surface area contributed by atoms with Gasteiger partial charge in [-0.05, 0) is 29.9 Å². The molecule has 0 saturated heterocycles. The van der Waals surface area contributed by atoms with E-state index >= 15 is 0 Å². The molecule has 0 aromatic rings. The Morgan fingerprint density at radius 2 is 1.92 bits per heavy atom. The van der Waals surface area contributed by atoms with E-state index in [9.17, 15) is 0 Å². The summed E-state index contributed by atoms with van der Waals surface area (Å²) >= 11 is 0. The molecule has 0 heterocycles. The predicted octanol–water partition coefficient (Wildman–Crippen LogP) is 3.06. The van der Waals surface area contributed by atoms with E-state index in [1.54, 1.807) is 7.11 Å². The first-order chi connectivity index (χ1) is 5.58. The Labute approximate surface area is 74.4 Å². The van der Waals surface area contributed by atoms with Crippen molar-refractivity contribution in [2.75, 3.05) is 7.11 Å². The molecular weight excluding hydrogens is 148 g/mol. The lowest BCUT2D eigenvalue weighted by Crippen LogP contribution is -1.93. The average molecular weight is 164 g/mol. The summed E-state index contributed by atoms with van der Waals surface area (Å²) in [6.07, 6.45) is 6.38. The second-order valence-electron chi connectivity index (χ2n) is 3.59. The van der Waals surface area contributed by atoms with Crippen LogP contribution in [0.3, 0.4) is 0 Å². The second-order valence-corrected chi connectivity index (χ2v) is 3.59. The van der Waals surface area contributed by atoms with Crippen molar-refractivity contribution < 1.29 is 4.74 Å². The number of ether oxygens (including phenoxy) is 1. The first-order valence-electron chi connectivity index (χ1n) is 4.19. The first kappa shape index (κ1) is 9.11. The fourth-order valence-corrected chi connectivity index (χ4v) is 0.971. The van der Waals surface area contributed by atoms with Crippen LogP contribution < -0.4 is 0 Å². The Hall–Kier alpha value is -0.980. The Morgan fingerprint density at radius 3 is 2.33 bits per heavy atom. The molecule has 0 aromatic heterocycles. The Morgan fingerprint density at radius 1 is 1.33 bits per heavy atom. The van der Waals surface area contributed by atoms with E-state index in [1.807, 2.05) is 12.2 Å². The summed E-state index contributed by atoms with van der Waals surface area (Å²) in [6, 6.07) is 0. The highest BCUT2D eigenvalue weighted by molar-refractivity contribution is 5.30. The van der Waals surface area contributed by atoms with Crippen LogP contribution in [0.4, 0.5) is 0 Å². The van der Waals surface area contributed by atoms with Gasteiger partial charge in [0.25, 0.3) is 0 Å².